The van der Waals surface area contributed by atoms with Gasteiger partial charge < -0.3 is 11.1 Å². The minimum Gasteiger partial charge on any atom is -0.355 e. The number of hydrogen-bond acceptors (Lipinski definition) is 4. The van der Waals surface area contributed by atoms with Crippen LogP contribution in [0.5, 0.6) is 0 Å². The number of carbonyl (C=O) groups is 1. The summed E-state index contributed by atoms with van der Waals surface area (Å²) in [6.07, 6.45) is 1.73. The van der Waals surface area contributed by atoms with E-state index in [1.807, 2.05) is 6.92 Å². The molecular weight excluding hydrogens is 208 g/mol. The van der Waals surface area contributed by atoms with Gasteiger partial charge in [-0.2, -0.15) is 8.42 Å². The molecule has 4 N–H and O–H groups in total. The highest BCUT2D eigenvalue weighted by Gasteiger charge is 2.19. The topological polar surface area (TPSA) is 109 Å². The fourth-order valence-electron chi connectivity index (χ4n) is 0.822. The van der Waals surface area contributed by atoms with Gasteiger partial charge in [0.1, 0.15) is 6.04 Å². The molecule has 0 rings (SSSR count). The molecule has 14 heavy (non-hydrogen) atoms. The summed E-state index contributed by atoms with van der Waals surface area (Å²) < 4.78 is 29.2. The van der Waals surface area contributed by atoms with Crippen molar-refractivity contribution in [2.45, 2.75) is 25.8 Å². The minimum atomic E-state index is -4.18. The van der Waals surface area contributed by atoms with Gasteiger partial charge in [0.05, 0.1) is 5.75 Å². The van der Waals surface area contributed by atoms with Crippen LogP contribution in [0.15, 0.2) is 0 Å². The van der Waals surface area contributed by atoms with Gasteiger partial charge in [0, 0.05) is 6.54 Å². The van der Waals surface area contributed by atoms with Crippen molar-refractivity contribution in [3.05, 3.63) is 0 Å². The summed E-state index contributed by atoms with van der Waals surface area (Å²) in [5, 5.41) is 2.47. The molecule has 0 aromatic carbocycles. The van der Waals surface area contributed by atoms with Crippen molar-refractivity contribution in [1.82, 2.24) is 5.32 Å². The van der Waals surface area contributed by atoms with Crippen LogP contribution in [0.25, 0.3) is 0 Å². The Morgan fingerprint density at radius 3 is 2.57 bits per heavy atom. The fourth-order valence-corrected chi connectivity index (χ4v) is 1.43. The molecule has 0 aliphatic heterocycles. The molecule has 0 spiro atoms. The normalized spacial score (nSPS) is 13.6. The predicted molar refractivity (Wildman–Crippen MR) is 52.3 cm³/mol. The van der Waals surface area contributed by atoms with Crippen LogP contribution in [0.3, 0.4) is 0 Å². The third-order valence-electron chi connectivity index (χ3n) is 1.56. The number of amides is 1. The van der Waals surface area contributed by atoms with Gasteiger partial charge in [-0.05, 0) is 6.42 Å². The maximum Gasteiger partial charge on any atom is 0.266 e. The van der Waals surface area contributed by atoms with Crippen LogP contribution in [0.4, 0.5) is 0 Å². The van der Waals surface area contributed by atoms with Crippen molar-refractivity contribution in [3.63, 3.8) is 0 Å². The van der Waals surface area contributed by atoms with Crippen LogP contribution in [-0.2, 0) is 14.9 Å². The number of nitrogens with two attached hydrogens (primary N) is 1. The molecular formula is C7H16N2O4S. The van der Waals surface area contributed by atoms with E-state index in [0.29, 0.717) is 6.54 Å². The highest BCUT2D eigenvalue weighted by Crippen LogP contribution is 1.89. The molecule has 0 aromatic rings. The Balaban J connectivity index is 3.88. The Hall–Kier alpha value is -0.660. The third kappa shape index (κ3) is 6.81. The Morgan fingerprint density at radius 1 is 1.57 bits per heavy atom. The lowest BCUT2D eigenvalue weighted by atomic mass is 10.3. The fraction of sp³-hybridized carbons (Fsp3) is 0.857. The molecule has 1 unspecified atom stereocenters. The van der Waals surface area contributed by atoms with E-state index in [9.17, 15) is 13.2 Å². The van der Waals surface area contributed by atoms with Gasteiger partial charge in [0.25, 0.3) is 10.1 Å². The summed E-state index contributed by atoms with van der Waals surface area (Å²) in [4.78, 5) is 11.1. The SMILES string of the molecule is CCCCNC(=O)C(N)CS(=O)(=O)O. The zero-order valence-corrected chi connectivity index (χ0v) is 8.88. The largest absolute Gasteiger partial charge is 0.355 e. The lowest BCUT2D eigenvalue weighted by Gasteiger charge is -2.09. The number of rotatable bonds is 6. The molecule has 0 fully saturated rings. The molecule has 7 heteroatoms. The average Bonchev–Trinajstić information content (AvgIpc) is 2.01. The van der Waals surface area contributed by atoms with E-state index in [4.69, 9.17) is 10.3 Å². The summed E-state index contributed by atoms with van der Waals surface area (Å²) in [6.45, 7) is 2.43. The first kappa shape index (κ1) is 13.3. The molecule has 0 aliphatic carbocycles. The summed E-state index contributed by atoms with van der Waals surface area (Å²) in [5.74, 6) is -1.30. The standard InChI is InChI=1S/C7H16N2O4S/c1-2-3-4-9-7(10)6(8)5-14(11,12)13/h6H,2-5,8H2,1H3,(H,9,10)(H,11,12,13). The lowest BCUT2D eigenvalue weighted by molar-refractivity contribution is -0.121. The van der Waals surface area contributed by atoms with Crippen LogP contribution in [0.2, 0.25) is 0 Å². The molecule has 1 atom stereocenters. The van der Waals surface area contributed by atoms with E-state index < -0.39 is 27.8 Å². The van der Waals surface area contributed by atoms with Gasteiger partial charge in [-0.1, -0.05) is 13.3 Å². The highest BCUT2D eigenvalue weighted by molar-refractivity contribution is 7.85. The molecule has 0 heterocycles. The van der Waals surface area contributed by atoms with Crippen molar-refractivity contribution in [2.75, 3.05) is 12.3 Å². The maximum absolute atomic E-state index is 11.1. The van der Waals surface area contributed by atoms with Gasteiger partial charge in [0.2, 0.25) is 5.91 Å². The molecule has 0 saturated heterocycles. The second kappa shape index (κ2) is 5.94. The molecule has 0 bridgehead atoms. The quantitative estimate of drug-likeness (QED) is 0.401. The van der Waals surface area contributed by atoms with Crippen LogP contribution in [0.1, 0.15) is 19.8 Å². The Morgan fingerprint density at radius 2 is 2.14 bits per heavy atom. The number of carbonyl (C=O) groups excluding carboxylic acids is 1. The van der Waals surface area contributed by atoms with Crippen LogP contribution in [-0.4, -0.2) is 37.2 Å². The number of nitrogens with one attached hydrogen (secondary N) is 1. The molecule has 0 radical (unpaired) electrons. The third-order valence-corrected chi connectivity index (χ3v) is 2.34. The lowest BCUT2D eigenvalue weighted by Crippen LogP contribution is -2.45. The molecule has 84 valence electrons. The van der Waals surface area contributed by atoms with Crippen LogP contribution < -0.4 is 11.1 Å². The van der Waals surface area contributed by atoms with Crippen molar-refractivity contribution in [3.8, 4) is 0 Å². The predicted octanol–water partition coefficient (Wildman–Crippen LogP) is -0.882. The first-order valence-electron chi connectivity index (χ1n) is 4.35. The Kier molecular flexibility index (Phi) is 5.66. The second-order valence-electron chi connectivity index (χ2n) is 3.00. The molecule has 0 saturated carbocycles. The average molecular weight is 224 g/mol. The molecule has 1 amide bonds. The van der Waals surface area contributed by atoms with Crippen molar-refractivity contribution in [1.29, 1.82) is 0 Å². The van der Waals surface area contributed by atoms with E-state index in [1.165, 1.54) is 0 Å². The van der Waals surface area contributed by atoms with E-state index >= 15 is 0 Å². The van der Waals surface area contributed by atoms with Gasteiger partial charge in [-0.25, -0.2) is 0 Å². The Bertz CT molecular complexity index is 275. The summed E-state index contributed by atoms with van der Waals surface area (Å²) in [6, 6.07) is -1.21. The number of unbranched alkanes of at least 4 members (excludes halogenated alkanes) is 1. The Labute approximate surface area is 83.6 Å². The number of hydrogen-bond donors (Lipinski definition) is 3. The maximum atomic E-state index is 11.1. The summed E-state index contributed by atoms with van der Waals surface area (Å²) in [7, 11) is -4.18. The zero-order chi connectivity index (χ0) is 11.2. The summed E-state index contributed by atoms with van der Waals surface area (Å²) in [5.41, 5.74) is 5.23. The molecule has 6 nitrogen and oxygen atoms in total. The van der Waals surface area contributed by atoms with Gasteiger partial charge in [-0.15, -0.1) is 0 Å². The first-order valence-corrected chi connectivity index (χ1v) is 5.96. The van der Waals surface area contributed by atoms with Gasteiger partial charge in [0.15, 0.2) is 0 Å². The molecule has 0 aliphatic rings. The minimum absolute atomic E-state index is 0.467. The first-order chi connectivity index (χ1) is 6.37. The van der Waals surface area contributed by atoms with Crippen LogP contribution >= 0.6 is 0 Å². The van der Waals surface area contributed by atoms with Crippen LogP contribution in [0, 0.1) is 0 Å². The zero-order valence-electron chi connectivity index (χ0n) is 8.06. The van der Waals surface area contributed by atoms with Crippen molar-refractivity contribution in [2.24, 2.45) is 5.73 Å². The molecule has 0 aromatic heterocycles. The second-order valence-corrected chi connectivity index (χ2v) is 4.50. The van der Waals surface area contributed by atoms with E-state index in [0.717, 1.165) is 12.8 Å². The van der Waals surface area contributed by atoms with E-state index in [1.54, 1.807) is 0 Å². The van der Waals surface area contributed by atoms with Crippen molar-refractivity contribution >= 4 is 16.0 Å². The highest BCUT2D eigenvalue weighted by atomic mass is 32.2. The van der Waals surface area contributed by atoms with Gasteiger partial charge >= 0.3 is 0 Å². The van der Waals surface area contributed by atoms with E-state index in [2.05, 4.69) is 5.32 Å². The van der Waals surface area contributed by atoms with E-state index in [-0.39, 0.29) is 0 Å². The van der Waals surface area contributed by atoms with Gasteiger partial charge in [-0.3, -0.25) is 9.35 Å². The smallest absolute Gasteiger partial charge is 0.266 e. The summed E-state index contributed by atoms with van der Waals surface area (Å²) >= 11 is 0. The monoisotopic (exact) mass is 224 g/mol. The van der Waals surface area contributed by atoms with Crippen molar-refractivity contribution < 1.29 is 17.8 Å².